The van der Waals surface area contributed by atoms with Crippen molar-refractivity contribution in [3.8, 4) is 0 Å². The Morgan fingerprint density at radius 1 is 0.558 bits per heavy atom. The summed E-state index contributed by atoms with van der Waals surface area (Å²) < 4.78 is 33.6. The lowest BCUT2D eigenvalue weighted by atomic mass is 10.1. The SMILES string of the molecule is O=C(OC[C@@H](OC(=O)c1ccccc1)[C@@H]1OC(SNCc2ccccc2)[C@H](OC(=O)c2ccccc2)[C@H]1OC(=O)c1ccccc1)c1ccccc1. The fourth-order valence-electron chi connectivity index (χ4n) is 5.43. The molecule has 0 spiro atoms. The van der Waals surface area contributed by atoms with Crippen molar-refractivity contribution in [2.45, 2.75) is 36.4 Å². The van der Waals surface area contributed by atoms with Crippen LogP contribution >= 0.6 is 11.9 Å². The third-order valence-electron chi connectivity index (χ3n) is 8.05. The summed E-state index contributed by atoms with van der Waals surface area (Å²) in [7, 11) is 0. The number of benzene rings is 5. The van der Waals surface area contributed by atoms with E-state index in [4.69, 9.17) is 23.7 Å². The number of hydrogen-bond donors (Lipinski definition) is 1. The fraction of sp³-hybridized carbons (Fsp3) is 0.171. The summed E-state index contributed by atoms with van der Waals surface area (Å²) in [5, 5.41) is 0. The highest BCUT2D eigenvalue weighted by Gasteiger charge is 2.54. The number of esters is 4. The van der Waals surface area contributed by atoms with E-state index in [9.17, 15) is 19.2 Å². The van der Waals surface area contributed by atoms with Gasteiger partial charge in [-0.25, -0.2) is 19.2 Å². The van der Waals surface area contributed by atoms with E-state index < -0.39 is 60.3 Å². The number of carbonyl (C=O) groups excluding carboxylic acids is 4. The van der Waals surface area contributed by atoms with Crippen LogP contribution in [0, 0.1) is 0 Å². The second kappa shape index (κ2) is 18.0. The maximum Gasteiger partial charge on any atom is 0.338 e. The average molecular weight is 718 g/mol. The van der Waals surface area contributed by atoms with E-state index in [1.165, 1.54) is 0 Å². The van der Waals surface area contributed by atoms with Gasteiger partial charge in [-0.2, -0.15) is 0 Å². The third-order valence-corrected chi connectivity index (χ3v) is 8.98. The topological polar surface area (TPSA) is 126 Å². The molecule has 52 heavy (non-hydrogen) atoms. The molecule has 5 aromatic carbocycles. The zero-order valence-electron chi connectivity index (χ0n) is 27.8. The smallest absolute Gasteiger partial charge is 0.338 e. The molecule has 1 heterocycles. The molecule has 11 heteroatoms. The molecule has 6 rings (SSSR count). The minimum absolute atomic E-state index is 0.236. The normalized spacial score (nSPS) is 18.5. The summed E-state index contributed by atoms with van der Waals surface area (Å²) in [5.74, 6) is -2.80. The van der Waals surface area contributed by atoms with Crippen LogP contribution in [0.1, 0.15) is 47.0 Å². The number of nitrogens with one attached hydrogen (secondary N) is 1. The highest BCUT2D eigenvalue weighted by atomic mass is 32.2. The maximum atomic E-state index is 13.6. The van der Waals surface area contributed by atoms with Gasteiger partial charge in [-0.1, -0.05) is 103 Å². The molecule has 0 radical (unpaired) electrons. The molecule has 264 valence electrons. The molecule has 1 aliphatic heterocycles. The monoisotopic (exact) mass is 717 g/mol. The van der Waals surface area contributed by atoms with Crippen LogP contribution in [0.25, 0.3) is 0 Å². The lowest BCUT2D eigenvalue weighted by molar-refractivity contribution is -0.0899. The molecule has 0 amide bonds. The predicted molar refractivity (Wildman–Crippen MR) is 193 cm³/mol. The summed E-state index contributed by atoms with van der Waals surface area (Å²) >= 11 is 1.12. The molecule has 1 fully saturated rings. The van der Waals surface area contributed by atoms with E-state index in [2.05, 4.69) is 4.72 Å². The van der Waals surface area contributed by atoms with Gasteiger partial charge in [-0.05, 0) is 66.0 Å². The van der Waals surface area contributed by atoms with E-state index in [1.54, 1.807) is 121 Å². The van der Waals surface area contributed by atoms with Gasteiger partial charge in [-0.15, -0.1) is 0 Å². The summed E-state index contributed by atoms with van der Waals surface area (Å²) in [6.07, 6.45) is -5.10. The van der Waals surface area contributed by atoms with E-state index in [0.717, 1.165) is 17.5 Å². The van der Waals surface area contributed by atoms with Crippen LogP contribution in [0.2, 0.25) is 0 Å². The molecule has 1 aliphatic rings. The molecule has 0 aliphatic carbocycles. The Kier molecular flexibility index (Phi) is 12.4. The fourth-order valence-corrected chi connectivity index (χ4v) is 6.37. The van der Waals surface area contributed by atoms with Crippen molar-refractivity contribution in [1.29, 1.82) is 0 Å². The van der Waals surface area contributed by atoms with Gasteiger partial charge in [-0.3, -0.25) is 4.72 Å². The van der Waals surface area contributed by atoms with E-state index in [-0.39, 0.29) is 22.3 Å². The van der Waals surface area contributed by atoms with Crippen LogP contribution in [-0.4, -0.2) is 60.3 Å². The third kappa shape index (κ3) is 9.52. The Hall–Kier alpha value is -5.75. The molecule has 5 aromatic rings. The van der Waals surface area contributed by atoms with Gasteiger partial charge >= 0.3 is 23.9 Å². The first-order chi connectivity index (χ1) is 25.5. The van der Waals surface area contributed by atoms with E-state index >= 15 is 0 Å². The summed E-state index contributed by atoms with van der Waals surface area (Å²) in [6, 6.07) is 42.9. The standard InChI is InChI=1S/C41H35NO9S/c43-37(29-18-8-2-9-19-29)47-27-33(48-38(44)30-20-10-3-11-21-30)34-35(49-39(45)31-22-12-4-13-23-31)36(50-40(46)32-24-14-5-15-25-32)41(51-34)52-42-26-28-16-6-1-7-17-28/h1-25,33-36,41-42H,26-27H2/t33-,34+,35+,36-,41?/m1/s1. The quantitative estimate of drug-likeness (QED) is 0.0751. The highest BCUT2D eigenvalue weighted by Crippen LogP contribution is 2.36. The van der Waals surface area contributed by atoms with Crippen LogP contribution in [0.3, 0.4) is 0 Å². The van der Waals surface area contributed by atoms with Crippen molar-refractivity contribution in [3.05, 3.63) is 179 Å². The summed E-state index contributed by atoms with van der Waals surface area (Å²) in [4.78, 5) is 53.8. The Labute approximate surface area is 305 Å². The summed E-state index contributed by atoms with van der Waals surface area (Å²) in [6.45, 7) is -0.0461. The first-order valence-corrected chi connectivity index (χ1v) is 17.4. The number of hydrogen-bond acceptors (Lipinski definition) is 11. The van der Waals surface area contributed by atoms with Crippen molar-refractivity contribution in [2.75, 3.05) is 6.61 Å². The van der Waals surface area contributed by atoms with Crippen LogP contribution in [-0.2, 0) is 30.2 Å². The van der Waals surface area contributed by atoms with E-state index in [1.807, 2.05) is 30.3 Å². The van der Waals surface area contributed by atoms with Crippen molar-refractivity contribution < 1.29 is 42.9 Å². The van der Waals surface area contributed by atoms with Gasteiger partial charge in [0.15, 0.2) is 23.7 Å². The Balaban J connectivity index is 1.34. The predicted octanol–water partition coefficient (Wildman–Crippen LogP) is 6.68. The lowest BCUT2D eigenvalue weighted by Crippen LogP contribution is -2.47. The maximum absolute atomic E-state index is 13.6. The minimum Gasteiger partial charge on any atom is -0.458 e. The second-order valence-electron chi connectivity index (χ2n) is 11.6. The van der Waals surface area contributed by atoms with Crippen LogP contribution in [0.4, 0.5) is 0 Å². The van der Waals surface area contributed by atoms with Crippen molar-refractivity contribution >= 4 is 35.8 Å². The molecule has 1 saturated heterocycles. The molecule has 1 unspecified atom stereocenters. The Morgan fingerprint density at radius 3 is 1.48 bits per heavy atom. The van der Waals surface area contributed by atoms with Crippen molar-refractivity contribution in [3.63, 3.8) is 0 Å². The Morgan fingerprint density at radius 2 is 0.981 bits per heavy atom. The van der Waals surface area contributed by atoms with Crippen molar-refractivity contribution in [2.24, 2.45) is 0 Å². The largest absolute Gasteiger partial charge is 0.458 e. The van der Waals surface area contributed by atoms with Gasteiger partial charge in [0.1, 0.15) is 12.7 Å². The molecule has 10 nitrogen and oxygen atoms in total. The molecular formula is C41H35NO9S. The zero-order valence-corrected chi connectivity index (χ0v) is 28.6. The van der Waals surface area contributed by atoms with E-state index in [0.29, 0.717) is 6.54 Å². The molecule has 1 N–H and O–H groups in total. The van der Waals surface area contributed by atoms with Gasteiger partial charge < -0.3 is 23.7 Å². The lowest BCUT2D eigenvalue weighted by Gasteiger charge is -2.28. The number of rotatable bonds is 14. The number of carbonyl (C=O) groups is 4. The minimum atomic E-state index is -1.32. The summed E-state index contributed by atoms with van der Waals surface area (Å²) in [5.41, 5.74) is 1.03. The van der Waals surface area contributed by atoms with Gasteiger partial charge in [0.2, 0.25) is 0 Å². The first kappa shape index (κ1) is 36.1. The molecule has 0 saturated carbocycles. The van der Waals surface area contributed by atoms with Crippen LogP contribution < -0.4 is 4.72 Å². The molecule has 0 bridgehead atoms. The molecular weight excluding hydrogens is 683 g/mol. The molecule has 0 aromatic heterocycles. The van der Waals surface area contributed by atoms with Gasteiger partial charge in [0.25, 0.3) is 0 Å². The molecule has 5 atom stereocenters. The highest BCUT2D eigenvalue weighted by molar-refractivity contribution is 7.97. The average Bonchev–Trinajstić information content (AvgIpc) is 3.53. The van der Waals surface area contributed by atoms with Crippen LogP contribution in [0.15, 0.2) is 152 Å². The van der Waals surface area contributed by atoms with Gasteiger partial charge in [0, 0.05) is 6.54 Å². The Bertz CT molecular complexity index is 1920. The number of ether oxygens (including phenoxy) is 5. The van der Waals surface area contributed by atoms with Crippen LogP contribution in [0.5, 0.6) is 0 Å². The van der Waals surface area contributed by atoms with Crippen molar-refractivity contribution in [1.82, 2.24) is 4.72 Å². The zero-order chi connectivity index (χ0) is 36.1. The second-order valence-corrected chi connectivity index (χ2v) is 12.6. The van der Waals surface area contributed by atoms with Gasteiger partial charge in [0.05, 0.1) is 22.3 Å². The first-order valence-electron chi connectivity index (χ1n) is 16.5.